The molecule has 2 aliphatic rings. The second kappa shape index (κ2) is 5.15. The van der Waals surface area contributed by atoms with Crippen molar-refractivity contribution in [3.05, 3.63) is 35.4 Å². The summed E-state index contributed by atoms with van der Waals surface area (Å²) in [5, 5.41) is 3.55. The molecule has 0 saturated carbocycles. The zero-order chi connectivity index (χ0) is 14.2. The van der Waals surface area contributed by atoms with Gasteiger partial charge in [-0.3, -0.25) is 0 Å². The molecule has 4 heteroatoms. The zero-order valence-corrected chi connectivity index (χ0v) is 12.9. The maximum atomic E-state index is 11.7. The predicted molar refractivity (Wildman–Crippen MR) is 81.8 cm³/mol. The van der Waals surface area contributed by atoms with E-state index in [1.807, 2.05) is 6.92 Å². The molecule has 1 aromatic rings. The number of aryl methyl sites for hydroxylation is 1. The summed E-state index contributed by atoms with van der Waals surface area (Å²) in [4.78, 5) is 0. The third-order valence-electron chi connectivity index (χ3n) is 4.77. The minimum Gasteiger partial charge on any atom is -0.310 e. The molecule has 2 atom stereocenters. The highest BCUT2D eigenvalue weighted by molar-refractivity contribution is 7.91. The maximum absolute atomic E-state index is 11.7. The molecule has 1 aliphatic heterocycles. The summed E-state index contributed by atoms with van der Waals surface area (Å²) < 4.78 is 23.3. The Bertz CT molecular complexity index is 596. The predicted octanol–water partition coefficient (Wildman–Crippen LogP) is 2.27. The van der Waals surface area contributed by atoms with E-state index >= 15 is 0 Å². The fourth-order valence-corrected chi connectivity index (χ4v) is 5.71. The fourth-order valence-electron chi connectivity index (χ4n) is 3.59. The highest BCUT2D eigenvalue weighted by Gasteiger charge is 2.38. The van der Waals surface area contributed by atoms with Gasteiger partial charge in [0.15, 0.2) is 9.84 Å². The molecule has 3 rings (SSSR count). The molecule has 1 saturated heterocycles. The molecular weight excluding hydrogens is 270 g/mol. The van der Waals surface area contributed by atoms with E-state index in [-0.39, 0.29) is 11.3 Å². The van der Waals surface area contributed by atoms with Crippen LogP contribution in [-0.4, -0.2) is 32.0 Å². The van der Waals surface area contributed by atoms with Crippen molar-refractivity contribution in [2.75, 3.05) is 18.1 Å². The third-order valence-corrected chi connectivity index (χ3v) is 6.68. The van der Waals surface area contributed by atoms with Gasteiger partial charge in [0.1, 0.15) is 0 Å². The minimum atomic E-state index is -2.83. The lowest BCUT2D eigenvalue weighted by Crippen LogP contribution is -2.45. The molecule has 0 bridgehead atoms. The lowest BCUT2D eigenvalue weighted by molar-refractivity contribution is 0.369. The summed E-state index contributed by atoms with van der Waals surface area (Å²) in [5.74, 6) is 1.15. The summed E-state index contributed by atoms with van der Waals surface area (Å²) in [6, 6.07) is 8.68. The van der Waals surface area contributed by atoms with Crippen LogP contribution in [0.3, 0.4) is 0 Å². The fraction of sp³-hybridized carbons (Fsp3) is 0.625. The number of nitrogens with one attached hydrogen (secondary N) is 1. The molecule has 3 nitrogen and oxygen atoms in total. The van der Waals surface area contributed by atoms with E-state index in [2.05, 4.69) is 29.6 Å². The van der Waals surface area contributed by atoms with E-state index < -0.39 is 9.84 Å². The maximum Gasteiger partial charge on any atom is 0.152 e. The van der Waals surface area contributed by atoms with E-state index in [4.69, 9.17) is 0 Å². The number of rotatable bonds is 3. The van der Waals surface area contributed by atoms with Crippen molar-refractivity contribution in [3.8, 4) is 0 Å². The molecule has 1 heterocycles. The Kier molecular flexibility index (Phi) is 3.63. The molecule has 0 spiro atoms. The summed E-state index contributed by atoms with van der Waals surface area (Å²) in [7, 11) is -2.83. The molecule has 0 amide bonds. The van der Waals surface area contributed by atoms with Crippen molar-refractivity contribution in [2.24, 2.45) is 0 Å². The van der Waals surface area contributed by atoms with Crippen LogP contribution in [0.15, 0.2) is 24.3 Å². The zero-order valence-electron chi connectivity index (χ0n) is 12.1. The molecule has 1 aliphatic carbocycles. The average molecular weight is 293 g/mol. The van der Waals surface area contributed by atoms with Gasteiger partial charge in [0.05, 0.1) is 11.5 Å². The van der Waals surface area contributed by atoms with Crippen LogP contribution in [0.5, 0.6) is 0 Å². The Morgan fingerprint density at radius 1 is 1.35 bits per heavy atom. The number of benzene rings is 1. The first-order chi connectivity index (χ1) is 9.48. The number of fused-ring (bicyclic) bond motifs is 1. The largest absolute Gasteiger partial charge is 0.310 e. The molecule has 2 unspecified atom stereocenters. The summed E-state index contributed by atoms with van der Waals surface area (Å²) in [6.45, 7) is 2.94. The number of sulfone groups is 1. The van der Waals surface area contributed by atoms with Crippen LogP contribution >= 0.6 is 0 Å². The van der Waals surface area contributed by atoms with Crippen LogP contribution in [0.2, 0.25) is 0 Å². The third kappa shape index (κ3) is 2.91. The molecule has 1 N–H and O–H groups in total. The molecule has 0 radical (unpaired) electrons. The monoisotopic (exact) mass is 293 g/mol. The minimum absolute atomic E-state index is 0.231. The van der Waals surface area contributed by atoms with E-state index in [1.54, 1.807) is 0 Å². The highest BCUT2D eigenvalue weighted by atomic mass is 32.2. The Hall–Kier alpha value is -0.870. The average Bonchev–Trinajstić information content (AvgIpc) is 2.71. The van der Waals surface area contributed by atoms with Gasteiger partial charge in [-0.2, -0.15) is 0 Å². The molecule has 20 heavy (non-hydrogen) atoms. The number of hydrogen-bond donors (Lipinski definition) is 1. The normalized spacial score (nSPS) is 31.9. The van der Waals surface area contributed by atoms with Gasteiger partial charge < -0.3 is 5.32 Å². The molecule has 1 fully saturated rings. The quantitative estimate of drug-likeness (QED) is 0.930. The molecular formula is C16H23NO2S. The van der Waals surface area contributed by atoms with Crippen LogP contribution in [0.4, 0.5) is 0 Å². The standard InChI is InChI=1S/C16H23NO2S/c1-16(9-10-20(18,19)12-16)17-11-14-7-4-6-13-5-2-3-8-15(13)14/h2-3,5,8,14,17H,4,6-7,9-12H2,1H3. The van der Waals surface area contributed by atoms with Crippen LogP contribution < -0.4 is 5.32 Å². The van der Waals surface area contributed by atoms with Gasteiger partial charge in [0.2, 0.25) is 0 Å². The second-order valence-electron chi connectivity index (χ2n) is 6.57. The first-order valence-corrected chi connectivity index (χ1v) is 9.33. The van der Waals surface area contributed by atoms with Crippen molar-refractivity contribution >= 4 is 9.84 Å². The first kappa shape index (κ1) is 14.1. The Balaban J connectivity index is 1.68. The van der Waals surface area contributed by atoms with Crippen molar-refractivity contribution in [1.82, 2.24) is 5.32 Å². The highest BCUT2D eigenvalue weighted by Crippen LogP contribution is 2.32. The van der Waals surface area contributed by atoms with Crippen LogP contribution in [0, 0.1) is 0 Å². The number of hydrogen-bond acceptors (Lipinski definition) is 3. The Morgan fingerprint density at radius 3 is 2.90 bits per heavy atom. The van der Waals surface area contributed by atoms with Crippen molar-refractivity contribution in [1.29, 1.82) is 0 Å². The Morgan fingerprint density at radius 2 is 2.15 bits per heavy atom. The van der Waals surface area contributed by atoms with Gasteiger partial charge in [-0.1, -0.05) is 24.3 Å². The van der Waals surface area contributed by atoms with Crippen molar-refractivity contribution < 1.29 is 8.42 Å². The van der Waals surface area contributed by atoms with Gasteiger partial charge in [0.25, 0.3) is 0 Å². The van der Waals surface area contributed by atoms with Gasteiger partial charge in [0, 0.05) is 12.1 Å². The van der Waals surface area contributed by atoms with Crippen molar-refractivity contribution in [3.63, 3.8) is 0 Å². The van der Waals surface area contributed by atoms with Crippen molar-refractivity contribution in [2.45, 2.75) is 44.1 Å². The van der Waals surface area contributed by atoms with Gasteiger partial charge in [-0.05, 0) is 49.7 Å². The van der Waals surface area contributed by atoms with E-state index in [1.165, 1.54) is 30.4 Å². The van der Waals surface area contributed by atoms with Gasteiger partial charge in [-0.25, -0.2) is 8.42 Å². The molecule has 0 aromatic heterocycles. The summed E-state index contributed by atoms with van der Waals surface area (Å²) in [6.07, 6.45) is 4.35. The second-order valence-corrected chi connectivity index (χ2v) is 8.76. The van der Waals surface area contributed by atoms with Gasteiger partial charge >= 0.3 is 0 Å². The lowest BCUT2D eigenvalue weighted by Gasteiger charge is -2.30. The first-order valence-electron chi connectivity index (χ1n) is 7.51. The summed E-state index contributed by atoms with van der Waals surface area (Å²) in [5.41, 5.74) is 2.69. The topological polar surface area (TPSA) is 46.2 Å². The smallest absolute Gasteiger partial charge is 0.152 e. The van der Waals surface area contributed by atoms with E-state index in [9.17, 15) is 8.42 Å². The SMILES string of the molecule is CC1(NCC2CCCc3ccccc32)CCS(=O)(=O)C1. The Labute approximate surface area is 121 Å². The molecule has 1 aromatic carbocycles. The molecule has 110 valence electrons. The van der Waals surface area contributed by atoms with Crippen LogP contribution in [-0.2, 0) is 16.3 Å². The summed E-state index contributed by atoms with van der Waals surface area (Å²) >= 11 is 0. The van der Waals surface area contributed by atoms with E-state index in [0.717, 1.165) is 13.0 Å². The lowest BCUT2D eigenvalue weighted by atomic mass is 9.82. The van der Waals surface area contributed by atoms with Crippen LogP contribution in [0.1, 0.15) is 43.2 Å². The van der Waals surface area contributed by atoms with Gasteiger partial charge in [-0.15, -0.1) is 0 Å². The van der Waals surface area contributed by atoms with Crippen LogP contribution in [0.25, 0.3) is 0 Å². The van der Waals surface area contributed by atoms with E-state index in [0.29, 0.717) is 11.7 Å².